The van der Waals surface area contributed by atoms with Gasteiger partial charge in [0.05, 0.1) is 0 Å². The van der Waals surface area contributed by atoms with Crippen LogP contribution < -0.4 is 10.1 Å². The highest BCUT2D eigenvalue weighted by Crippen LogP contribution is 2.27. The van der Waals surface area contributed by atoms with E-state index in [0.717, 1.165) is 42.4 Å². The minimum absolute atomic E-state index is 0.131. The van der Waals surface area contributed by atoms with Gasteiger partial charge in [-0.3, -0.25) is 9.59 Å². The van der Waals surface area contributed by atoms with Crippen LogP contribution in [0.4, 0.5) is 0 Å². The summed E-state index contributed by atoms with van der Waals surface area (Å²) in [6.45, 7) is 4.23. The van der Waals surface area contributed by atoms with Crippen molar-refractivity contribution < 1.29 is 14.3 Å². The van der Waals surface area contributed by atoms with E-state index < -0.39 is 6.04 Å². The monoisotopic (exact) mass is 546 g/mol. The molecule has 39 heavy (non-hydrogen) atoms. The van der Waals surface area contributed by atoms with E-state index in [1.54, 1.807) is 4.90 Å². The molecular weight excluding hydrogens is 508 g/mol. The Balaban J connectivity index is 1.63. The molecule has 3 aromatic carbocycles. The van der Waals surface area contributed by atoms with Gasteiger partial charge in [0.2, 0.25) is 5.91 Å². The van der Waals surface area contributed by atoms with Crippen LogP contribution in [0.3, 0.4) is 0 Å². The van der Waals surface area contributed by atoms with Crippen LogP contribution in [0.5, 0.6) is 5.75 Å². The second-order valence-corrected chi connectivity index (χ2v) is 11.1. The highest BCUT2D eigenvalue weighted by Gasteiger charge is 2.32. The fraction of sp³-hybridized carbons (Fsp3) is 0.394. The summed E-state index contributed by atoms with van der Waals surface area (Å²) >= 11 is 6.53. The number of rotatable bonds is 11. The van der Waals surface area contributed by atoms with Crippen molar-refractivity contribution in [2.75, 3.05) is 6.61 Å². The summed E-state index contributed by atoms with van der Waals surface area (Å²) in [5.74, 6) is 0.550. The van der Waals surface area contributed by atoms with Gasteiger partial charge in [-0.2, -0.15) is 0 Å². The quantitative estimate of drug-likeness (QED) is 0.283. The highest BCUT2D eigenvalue weighted by atomic mass is 35.5. The van der Waals surface area contributed by atoms with Gasteiger partial charge >= 0.3 is 0 Å². The lowest BCUT2D eigenvalue weighted by Crippen LogP contribution is -2.53. The first-order valence-corrected chi connectivity index (χ1v) is 14.4. The fourth-order valence-electron chi connectivity index (χ4n) is 5.22. The SMILES string of the molecule is CC(C)c1ccccc1OCC(=O)N(Cc1ccccc1Cl)C(Cc1ccccc1)C(=O)NC1CCCCC1. The van der Waals surface area contributed by atoms with Gasteiger partial charge in [-0.25, -0.2) is 0 Å². The molecule has 0 saturated heterocycles. The Morgan fingerprint density at radius 2 is 1.59 bits per heavy atom. The highest BCUT2D eigenvalue weighted by molar-refractivity contribution is 6.31. The largest absolute Gasteiger partial charge is 0.483 e. The molecule has 6 heteroatoms. The smallest absolute Gasteiger partial charge is 0.261 e. The molecule has 1 N–H and O–H groups in total. The van der Waals surface area contributed by atoms with Crippen molar-refractivity contribution >= 4 is 23.4 Å². The van der Waals surface area contributed by atoms with Crippen molar-refractivity contribution in [3.63, 3.8) is 0 Å². The van der Waals surface area contributed by atoms with Crippen LogP contribution >= 0.6 is 11.6 Å². The minimum atomic E-state index is -0.706. The lowest BCUT2D eigenvalue weighted by atomic mass is 9.94. The van der Waals surface area contributed by atoms with E-state index in [0.29, 0.717) is 17.2 Å². The third kappa shape index (κ3) is 8.09. The summed E-state index contributed by atoms with van der Waals surface area (Å²) in [6.07, 6.45) is 5.76. The Hall–Kier alpha value is -3.31. The molecule has 0 bridgehead atoms. The summed E-state index contributed by atoms with van der Waals surface area (Å²) in [5, 5.41) is 3.83. The lowest BCUT2D eigenvalue weighted by Gasteiger charge is -2.33. The Bertz CT molecular complexity index is 1220. The van der Waals surface area contributed by atoms with Crippen molar-refractivity contribution in [2.24, 2.45) is 0 Å². The first-order valence-electron chi connectivity index (χ1n) is 14.0. The van der Waals surface area contributed by atoms with Crippen LogP contribution in [-0.4, -0.2) is 35.4 Å². The van der Waals surface area contributed by atoms with Crippen LogP contribution in [0.2, 0.25) is 5.02 Å². The summed E-state index contributed by atoms with van der Waals surface area (Å²) < 4.78 is 6.08. The maximum atomic E-state index is 13.9. The molecule has 1 saturated carbocycles. The molecule has 4 rings (SSSR count). The number of benzene rings is 3. The number of para-hydroxylation sites is 1. The van der Waals surface area contributed by atoms with Crippen molar-refractivity contribution in [1.82, 2.24) is 10.2 Å². The van der Waals surface area contributed by atoms with Gasteiger partial charge in [0.15, 0.2) is 6.61 Å². The number of halogens is 1. The van der Waals surface area contributed by atoms with E-state index in [1.165, 1.54) is 6.42 Å². The normalized spacial score (nSPS) is 14.6. The molecule has 206 valence electrons. The Kier molecular flexibility index (Phi) is 10.4. The Labute approximate surface area is 237 Å². The van der Waals surface area contributed by atoms with Gasteiger partial charge < -0.3 is 15.0 Å². The number of nitrogens with zero attached hydrogens (tertiary/aromatic N) is 1. The number of amides is 2. The van der Waals surface area contributed by atoms with Crippen LogP contribution in [0.15, 0.2) is 78.9 Å². The topological polar surface area (TPSA) is 58.6 Å². The molecule has 2 amide bonds. The number of carbonyl (C=O) groups is 2. The van der Waals surface area contributed by atoms with E-state index in [1.807, 2.05) is 78.9 Å². The molecule has 1 unspecified atom stereocenters. The zero-order chi connectivity index (χ0) is 27.6. The molecule has 0 spiro atoms. The van der Waals surface area contributed by atoms with Crippen molar-refractivity contribution in [2.45, 2.75) is 76.9 Å². The standard InChI is InChI=1S/C33H39ClN2O3/c1-24(2)28-18-10-12-20-31(28)39-23-32(37)36(22-26-15-9-11-19-29(26)34)30(21-25-13-5-3-6-14-25)33(38)35-27-16-7-4-8-17-27/h3,5-6,9-15,18-20,24,27,30H,4,7-8,16-17,21-23H2,1-2H3,(H,35,38). The van der Waals surface area contributed by atoms with Gasteiger partial charge in [-0.15, -0.1) is 0 Å². The van der Waals surface area contributed by atoms with E-state index in [2.05, 4.69) is 19.2 Å². The van der Waals surface area contributed by atoms with Gasteiger partial charge in [-0.05, 0) is 47.6 Å². The first-order chi connectivity index (χ1) is 18.9. The molecule has 0 radical (unpaired) electrons. The van der Waals surface area contributed by atoms with Crippen LogP contribution in [0.25, 0.3) is 0 Å². The average molecular weight is 547 g/mol. The lowest BCUT2D eigenvalue weighted by molar-refractivity contribution is -0.143. The van der Waals surface area contributed by atoms with Gasteiger partial charge in [0.1, 0.15) is 11.8 Å². The van der Waals surface area contributed by atoms with Crippen LogP contribution in [0, 0.1) is 0 Å². The zero-order valence-electron chi connectivity index (χ0n) is 22.9. The molecule has 0 aromatic heterocycles. The predicted octanol–water partition coefficient (Wildman–Crippen LogP) is 6.93. The van der Waals surface area contributed by atoms with Crippen molar-refractivity contribution in [3.8, 4) is 5.75 Å². The molecular formula is C33H39ClN2O3. The van der Waals surface area contributed by atoms with Crippen molar-refractivity contribution in [1.29, 1.82) is 0 Å². The molecule has 1 atom stereocenters. The molecule has 0 aliphatic heterocycles. The fourth-order valence-corrected chi connectivity index (χ4v) is 5.42. The Morgan fingerprint density at radius 3 is 2.31 bits per heavy atom. The second kappa shape index (κ2) is 14.2. The molecule has 5 nitrogen and oxygen atoms in total. The maximum Gasteiger partial charge on any atom is 0.261 e. The number of hydrogen-bond donors (Lipinski definition) is 1. The third-order valence-electron chi connectivity index (χ3n) is 7.41. The summed E-state index contributed by atoms with van der Waals surface area (Å²) in [7, 11) is 0. The Morgan fingerprint density at radius 1 is 0.923 bits per heavy atom. The van der Waals surface area contributed by atoms with E-state index in [-0.39, 0.29) is 36.9 Å². The molecule has 3 aromatic rings. The number of nitrogens with one attached hydrogen (secondary N) is 1. The summed E-state index contributed by atoms with van der Waals surface area (Å²) in [6, 6.07) is 24.5. The predicted molar refractivity (Wildman–Crippen MR) is 157 cm³/mol. The zero-order valence-corrected chi connectivity index (χ0v) is 23.7. The van der Waals surface area contributed by atoms with Crippen LogP contribution in [-0.2, 0) is 22.6 Å². The van der Waals surface area contributed by atoms with E-state index in [4.69, 9.17) is 16.3 Å². The van der Waals surface area contributed by atoms with Gasteiger partial charge in [0, 0.05) is 24.0 Å². The summed E-state index contributed by atoms with van der Waals surface area (Å²) in [5.41, 5.74) is 2.82. The van der Waals surface area contributed by atoms with Crippen molar-refractivity contribution in [3.05, 3.63) is 101 Å². The first kappa shape index (κ1) is 28.7. The maximum absolute atomic E-state index is 13.9. The van der Waals surface area contributed by atoms with Gasteiger partial charge in [0.25, 0.3) is 5.91 Å². The summed E-state index contributed by atoms with van der Waals surface area (Å²) in [4.78, 5) is 29.4. The van der Waals surface area contributed by atoms with E-state index >= 15 is 0 Å². The van der Waals surface area contributed by atoms with Gasteiger partial charge in [-0.1, -0.05) is 111 Å². The molecule has 1 fully saturated rings. The van der Waals surface area contributed by atoms with Crippen LogP contribution in [0.1, 0.15) is 68.6 Å². The molecule has 1 aliphatic carbocycles. The average Bonchev–Trinajstić information content (AvgIpc) is 2.95. The van der Waals surface area contributed by atoms with E-state index in [9.17, 15) is 9.59 Å². The number of hydrogen-bond acceptors (Lipinski definition) is 3. The third-order valence-corrected chi connectivity index (χ3v) is 7.78. The minimum Gasteiger partial charge on any atom is -0.483 e. The number of carbonyl (C=O) groups excluding carboxylic acids is 2. The second-order valence-electron chi connectivity index (χ2n) is 10.6. The molecule has 1 aliphatic rings. The number of ether oxygens (including phenoxy) is 1. The molecule has 0 heterocycles.